The van der Waals surface area contributed by atoms with Gasteiger partial charge in [-0.3, -0.25) is 0 Å². The van der Waals surface area contributed by atoms with E-state index in [0.29, 0.717) is 19.3 Å². The largest absolute Gasteiger partial charge is 0.467 e. The standard InChI is InChI=1S/C15H27NO5/c1-6-7-8-11(17)9-10-12(13(18)20-5)16-14(19)21-15(2,3)4/h6,11-12,17H,1,7-10H2,2-5H3,(H,16,19). The molecule has 2 atom stereocenters. The fraction of sp³-hybridized carbons (Fsp3) is 0.733. The highest BCUT2D eigenvalue weighted by Crippen LogP contribution is 2.11. The lowest BCUT2D eigenvalue weighted by molar-refractivity contribution is -0.143. The molecule has 2 N–H and O–H groups in total. The molecule has 21 heavy (non-hydrogen) atoms. The minimum Gasteiger partial charge on any atom is -0.467 e. The second-order valence-corrected chi connectivity index (χ2v) is 5.82. The van der Waals surface area contributed by atoms with Crippen LogP contribution < -0.4 is 5.32 Å². The zero-order valence-electron chi connectivity index (χ0n) is 13.3. The minimum atomic E-state index is -0.830. The molecule has 0 heterocycles. The highest BCUT2D eigenvalue weighted by Gasteiger charge is 2.25. The van der Waals surface area contributed by atoms with Gasteiger partial charge in [0.2, 0.25) is 0 Å². The van der Waals surface area contributed by atoms with E-state index in [1.165, 1.54) is 7.11 Å². The number of hydrogen-bond donors (Lipinski definition) is 2. The molecule has 0 bridgehead atoms. The third-order valence-corrected chi connectivity index (χ3v) is 2.67. The van der Waals surface area contributed by atoms with Gasteiger partial charge in [0.15, 0.2) is 0 Å². The minimum absolute atomic E-state index is 0.282. The molecule has 0 aliphatic heterocycles. The lowest BCUT2D eigenvalue weighted by Gasteiger charge is -2.23. The van der Waals surface area contributed by atoms with Gasteiger partial charge in [-0.2, -0.15) is 0 Å². The zero-order chi connectivity index (χ0) is 16.5. The van der Waals surface area contributed by atoms with Crippen LogP contribution in [0.2, 0.25) is 0 Å². The van der Waals surface area contributed by atoms with Crippen LogP contribution in [-0.2, 0) is 14.3 Å². The van der Waals surface area contributed by atoms with Crippen molar-refractivity contribution in [2.24, 2.45) is 0 Å². The second kappa shape index (κ2) is 9.39. The molecule has 2 unspecified atom stereocenters. The van der Waals surface area contributed by atoms with Gasteiger partial charge in [-0.15, -0.1) is 6.58 Å². The molecule has 0 aromatic rings. The van der Waals surface area contributed by atoms with E-state index < -0.39 is 29.8 Å². The number of aliphatic hydroxyl groups is 1. The van der Waals surface area contributed by atoms with Gasteiger partial charge < -0.3 is 19.9 Å². The molecule has 0 fully saturated rings. The number of methoxy groups -OCH3 is 1. The Bertz CT molecular complexity index is 348. The Balaban J connectivity index is 4.43. The van der Waals surface area contributed by atoms with Crippen LogP contribution in [0.1, 0.15) is 46.5 Å². The van der Waals surface area contributed by atoms with Gasteiger partial charge in [0.25, 0.3) is 0 Å². The number of carbonyl (C=O) groups is 2. The number of rotatable bonds is 8. The molecule has 6 heteroatoms. The van der Waals surface area contributed by atoms with Crippen LogP contribution in [0, 0.1) is 0 Å². The summed E-state index contributed by atoms with van der Waals surface area (Å²) < 4.78 is 9.75. The molecule has 0 radical (unpaired) electrons. The molecule has 122 valence electrons. The molecule has 0 spiro atoms. The topological polar surface area (TPSA) is 84.9 Å². The first kappa shape index (κ1) is 19.4. The molecule has 6 nitrogen and oxygen atoms in total. The molecule has 0 saturated heterocycles. The van der Waals surface area contributed by atoms with E-state index >= 15 is 0 Å². The monoisotopic (exact) mass is 301 g/mol. The Hall–Kier alpha value is -1.56. The van der Waals surface area contributed by atoms with E-state index in [4.69, 9.17) is 4.74 Å². The Kier molecular flexibility index (Phi) is 8.69. The van der Waals surface area contributed by atoms with E-state index in [1.54, 1.807) is 26.8 Å². The summed E-state index contributed by atoms with van der Waals surface area (Å²) in [6.07, 6.45) is 2.43. The maximum atomic E-state index is 11.7. The van der Waals surface area contributed by atoms with Crippen molar-refractivity contribution in [3.05, 3.63) is 12.7 Å². The quantitative estimate of drug-likeness (QED) is 0.530. The van der Waals surface area contributed by atoms with Crippen molar-refractivity contribution in [3.63, 3.8) is 0 Å². The van der Waals surface area contributed by atoms with Crippen LogP contribution in [0.4, 0.5) is 4.79 Å². The van der Waals surface area contributed by atoms with E-state index in [-0.39, 0.29) is 6.42 Å². The smallest absolute Gasteiger partial charge is 0.408 e. The SMILES string of the molecule is C=CCCC(O)CCC(NC(=O)OC(C)(C)C)C(=O)OC. The van der Waals surface area contributed by atoms with Gasteiger partial charge >= 0.3 is 12.1 Å². The number of ether oxygens (including phenoxy) is 2. The van der Waals surface area contributed by atoms with Crippen molar-refractivity contribution < 1.29 is 24.2 Å². The van der Waals surface area contributed by atoms with Gasteiger partial charge in [0.1, 0.15) is 11.6 Å². The molecule has 1 amide bonds. The van der Waals surface area contributed by atoms with E-state index in [9.17, 15) is 14.7 Å². The van der Waals surface area contributed by atoms with Crippen LogP contribution in [0.25, 0.3) is 0 Å². The lowest BCUT2D eigenvalue weighted by atomic mass is 10.0. The number of amides is 1. The highest BCUT2D eigenvalue weighted by molar-refractivity contribution is 5.81. The molecule has 0 aliphatic carbocycles. The van der Waals surface area contributed by atoms with Gasteiger partial charge in [-0.05, 0) is 46.5 Å². The Labute approximate surface area is 126 Å². The van der Waals surface area contributed by atoms with E-state index in [2.05, 4.69) is 16.6 Å². The molecular weight excluding hydrogens is 274 g/mol. The summed E-state index contributed by atoms with van der Waals surface area (Å²) in [4.78, 5) is 23.3. The van der Waals surface area contributed by atoms with Crippen LogP contribution in [0.5, 0.6) is 0 Å². The Morgan fingerprint density at radius 2 is 1.90 bits per heavy atom. The Morgan fingerprint density at radius 3 is 2.38 bits per heavy atom. The number of allylic oxidation sites excluding steroid dienone is 1. The van der Waals surface area contributed by atoms with Crippen LogP contribution in [-0.4, -0.2) is 42.0 Å². The van der Waals surface area contributed by atoms with Crippen molar-refractivity contribution >= 4 is 12.1 Å². The third-order valence-electron chi connectivity index (χ3n) is 2.67. The lowest BCUT2D eigenvalue weighted by Crippen LogP contribution is -2.44. The molecule has 0 aromatic carbocycles. The number of carbonyl (C=O) groups excluding carboxylic acids is 2. The average molecular weight is 301 g/mol. The number of esters is 1. The third kappa shape index (κ3) is 9.90. The van der Waals surface area contributed by atoms with Crippen molar-refractivity contribution in [3.8, 4) is 0 Å². The fourth-order valence-corrected chi connectivity index (χ4v) is 1.65. The summed E-state index contributed by atoms with van der Waals surface area (Å²) in [6, 6.07) is -0.830. The number of alkyl carbamates (subject to hydrolysis) is 1. The number of aliphatic hydroxyl groups excluding tert-OH is 1. The first-order chi connectivity index (χ1) is 9.69. The molecule has 0 rings (SSSR count). The van der Waals surface area contributed by atoms with Crippen LogP contribution in [0.3, 0.4) is 0 Å². The predicted octanol–water partition coefficient (Wildman–Crippen LogP) is 2.16. The van der Waals surface area contributed by atoms with Gasteiger partial charge in [0, 0.05) is 0 Å². The highest BCUT2D eigenvalue weighted by atomic mass is 16.6. The van der Waals surface area contributed by atoms with Crippen molar-refractivity contribution in [1.29, 1.82) is 0 Å². The summed E-state index contributed by atoms with van der Waals surface area (Å²) in [6.45, 7) is 8.79. The fourth-order valence-electron chi connectivity index (χ4n) is 1.65. The summed E-state index contributed by atoms with van der Waals surface area (Å²) in [7, 11) is 1.25. The first-order valence-electron chi connectivity index (χ1n) is 7.06. The number of hydrogen-bond acceptors (Lipinski definition) is 5. The van der Waals surface area contributed by atoms with Gasteiger partial charge in [0.05, 0.1) is 13.2 Å². The maximum Gasteiger partial charge on any atom is 0.408 e. The van der Waals surface area contributed by atoms with Crippen LogP contribution >= 0.6 is 0 Å². The molecule has 0 saturated carbocycles. The maximum absolute atomic E-state index is 11.7. The molecular formula is C15H27NO5. The summed E-state index contributed by atoms with van der Waals surface area (Å²) in [5.74, 6) is -0.559. The Morgan fingerprint density at radius 1 is 1.29 bits per heavy atom. The summed E-state index contributed by atoms with van der Waals surface area (Å²) in [5.41, 5.74) is -0.645. The van der Waals surface area contributed by atoms with Crippen molar-refractivity contribution in [2.75, 3.05) is 7.11 Å². The zero-order valence-corrected chi connectivity index (χ0v) is 13.3. The van der Waals surface area contributed by atoms with Crippen molar-refractivity contribution in [2.45, 2.75) is 64.2 Å². The average Bonchev–Trinajstić information content (AvgIpc) is 2.37. The van der Waals surface area contributed by atoms with Crippen LogP contribution in [0.15, 0.2) is 12.7 Å². The molecule has 0 aromatic heterocycles. The predicted molar refractivity (Wildman–Crippen MR) is 79.8 cm³/mol. The summed E-state index contributed by atoms with van der Waals surface area (Å²) >= 11 is 0. The second-order valence-electron chi connectivity index (χ2n) is 5.82. The van der Waals surface area contributed by atoms with Crippen molar-refractivity contribution in [1.82, 2.24) is 5.32 Å². The molecule has 0 aliphatic rings. The first-order valence-corrected chi connectivity index (χ1v) is 7.06. The summed E-state index contributed by atoms with van der Waals surface area (Å²) in [5, 5.41) is 12.2. The normalized spacial score (nSPS) is 14.0. The number of nitrogens with one attached hydrogen (secondary N) is 1. The van der Waals surface area contributed by atoms with E-state index in [0.717, 1.165) is 0 Å². The van der Waals surface area contributed by atoms with E-state index in [1.807, 2.05) is 0 Å². The van der Waals surface area contributed by atoms with Gasteiger partial charge in [-0.25, -0.2) is 9.59 Å². The van der Waals surface area contributed by atoms with Gasteiger partial charge in [-0.1, -0.05) is 6.08 Å².